The number of rotatable bonds is 4. The van der Waals surface area contributed by atoms with E-state index in [2.05, 4.69) is 6.07 Å². The second-order valence-corrected chi connectivity index (χ2v) is 5.79. The molecule has 1 aliphatic carbocycles. The lowest BCUT2D eigenvalue weighted by Gasteiger charge is -2.18. The highest BCUT2D eigenvalue weighted by molar-refractivity contribution is 5.89. The van der Waals surface area contributed by atoms with Crippen LogP contribution in [0.3, 0.4) is 0 Å². The molecule has 3 rings (SSSR count). The van der Waals surface area contributed by atoms with E-state index in [0.29, 0.717) is 6.42 Å². The van der Waals surface area contributed by atoms with Crippen molar-refractivity contribution in [2.45, 2.75) is 25.2 Å². The van der Waals surface area contributed by atoms with Crippen molar-refractivity contribution in [3.63, 3.8) is 0 Å². The Hall–Kier alpha value is -2.36. The number of carbonyl (C=O) groups excluding carboxylic acids is 1. The average Bonchev–Trinajstić information content (AvgIpc) is 2.86. The Bertz CT molecular complexity index is 735. The minimum atomic E-state index is -0.907. The van der Waals surface area contributed by atoms with Crippen LogP contribution in [0, 0.1) is 5.92 Å². The molecule has 0 aromatic heterocycles. The van der Waals surface area contributed by atoms with Crippen molar-refractivity contribution in [3.8, 4) is 5.75 Å². The van der Waals surface area contributed by atoms with Crippen LogP contribution in [0.5, 0.6) is 5.75 Å². The standard InChI is InChI=1S/C18H18O4/c1-22-14-5-4-11-8-13(3-2-12(11)9-14)15-6-7-17(19)16(15)10-18(20)21/h2-5,8-9,15-16H,6-7,10H2,1H3,(H,20,21)/t15-,16-/m0/s1. The molecule has 0 bridgehead atoms. The zero-order chi connectivity index (χ0) is 15.7. The van der Waals surface area contributed by atoms with E-state index in [4.69, 9.17) is 9.84 Å². The molecular weight excluding hydrogens is 280 g/mol. The fraction of sp³-hybridized carbons (Fsp3) is 0.333. The second-order valence-electron chi connectivity index (χ2n) is 5.79. The smallest absolute Gasteiger partial charge is 0.304 e. The van der Waals surface area contributed by atoms with Crippen molar-refractivity contribution in [1.29, 1.82) is 0 Å². The predicted octanol–water partition coefficient (Wildman–Crippen LogP) is 3.39. The van der Waals surface area contributed by atoms with Crippen molar-refractivity contribution in [2.24, 2.45) is 5.92 Å². The number of ketones is 1. The third-order valence-corrected chi connectivity index (χ3v) is 4.50. The highest BCUT2D eigenvalue weighted by Gasteiger charge is 2.36. The normalized spacial score (nSPS) is 21.2. The summed E-state index contributed by atoms with van der Waals surface area (Å²) in [5, 5.41) is 11.2. The molecule has 1 N–H and O–H groups in total. The van der Waals surface area contributed by atoms with Crippen molar-refractivity contribution >= 4 is 22.5 Å². The predicted molar refractivity (Wildman–Crippen MR) is 83.2 cm³/mol. The number of hydrogen-bond acceptors (Lipinski definition) is 3. The monoisotopic (exact) mass is 298 g/mol. The van der Waals surface area contributed by atoms with Gasteiger partial charge >= 0.3 is 5.97 Å². The number of Topliss-reactive ketones (excluding diaryl/α,β-unsaturated/α-hetero) is 1. The summed E-state index contributed by atoms with van der Waals surface area (Å²) in [6.45, 7) is 0. The Morgan fingerprint density at radius 2 is 1.95 bits per heavy atom. The maximum atomic E-state index is 12.0. The largest absolute Gasteiger partial charge is 0.497 e. The SMILES string of the molecule is COc1ccc2cc([C@@H]3CCC(=O)[C@H]3CC(=O)O)ccc2c1. The number of aliphatic carboxylic acids is 1. The molecule has 1 fully saturated rings. The second kappa shape index (κ2) is 5.79. The van der Waals surface area contributed by atoms with Crippen LogP contribution in [0.15, 0.2) is 36.4 Å². The van der Waals surface area contributed by atoms with Crippen LogP contribution in [0.1, 0.15) is 30.7 Å². The van der Waals surface area contributed by atoms with Crippen molar-refractivity contribution in [2.75, 3.05) is 7.11 Å². The van der Waals surface area contributed by atoms with E-state index in [0.717, 1.165) is 28.5 Å². The van der Waals surface area contributed by atoms with Gasteiger partial charge in [-0.05, 0) is 40.8 Å². The van der Waals surface area contributed by atoms with E-state index in [-0.39, 0.29) is 18.1 Å². The van der Waals surface area contributed by atoms with Gasteiger partial charge in [-0.1, -0.05) is 24.3 Å². The highest BCUT2D eigenvalue weighted by Crippen LogP contribution is 2.40. The van der Waals surface area contributed by atoms with Crippen molar-refractivity contribution in [3.05, 3.63) is 42.0 Å². The first kappa shape index (κ1) is 14.6. The molecule has 1 aliphatic rings. The summed E-state index contributed by atoms with van der Waals surface area (Å²) in [5.74, 6) is -0.415. The Labute approximate surface area is 128 Å². The Balaban J connectivity index is 1.95. The van der Waals surface area contributed by atoms with Crippen LogP contribution >= 0.6 is 0 Å². The third-order valence-electron chi connectivity index (χ3n) is 4.50. The van der Waals surface area contributed by atoms with Crippen LogP contribution in [-0.2, 0) is 9.59 Å². The molecule has 2 aromatic rings. The Morgan fingerprint density at radius 1 is 1.23 bits per heavy atom. The molecule has 4 heteroatoms. The quantitative estimate of drug-likeness (QED) is 0.939. The van der Waals surface area contributed by atoms with Crippen LogP contribution < -0.4 is 4.74 Å². The maximum Gasteiger partial charge on any atom is 0.304 e. The van der Waals surface area contributed by atoms with E-state index in [1.807, 2.05) is 30.3 Å². The van der Waals surface area contributed by atoms with Gasteiger partial charge < -0.3 is 9.84 Å². The molecule has 0 amide bonds. The molecule has 2 aromatic carbocycles. The van der Waals surface area contributed by atoms with Gasteiger partial charge in [0.2, 0.25) is 0 Å². The third kappa shape index (κ3) is 2.69. The summed E-state index contributed by atoms with van der Waals surface area (Å²) in [6, 6.07) is 11.9. The first-order chi connectivity index (χ1) is 10.6. The van der Waals surface area contributed by atoms with Crippen molar-refractivity contribution < 1.29 is 19.4 Å². The number of ether oxygens (including phenoxy) is 1. The molecule has 4 nitrogen and oxygen atoms in total. The lowest BCUT2D eigenvalue weighted by molar-refractivity contribution is -0.140. The minimum Gasteiger partial charge on any atom is -0.497 e. The summed E-state index contributed by atoms with van der Waals surface area (Å²) in [7, 11) is 1.64. The number of carboxylic acids is 1. The lowest BCUT2D eigenvalue weighted by Crippen LogP contribution is -2.17. The fourth-order valence-electron chi connectivity index (χ4n) is 3.35. The van der Waals surface area contributed by atoms with Crippen molar-refractivity contribution in [1.82, 2.24) is 0 Å². The molecule has 114 valence electrons. The summed E-state index contributed by atoms with van der Waals surface area (Å²) < 4.78 is 5.22. The molecule has 0 saturated heterocycles. The van der Waals surface area contributed by atoms with Gasteiger partial charge in [0.25, 0.3) is 0 Å². The molecule has 1 saturated carbocycles. The first-order valence-electron chi connectivity index (χ1n) is 7.40. The zero-order valence-electron chi connectivity index (χ0n) is 12.4. The zero-order valence-corrected chi connectivity index (χ0v) is 12.4. The van der Waals surface area contributed by atoms with E-state index in [9.17, 15) is 9.59 Å². The van der Waals surface area contributed by atoms with E-state index >= 15 is 0 Å². The summed E-state index contributed by atoms with van der Waals surface area (Å²) in [6.07, 6.45) is 1.13. The molecule has 22 heavy (non-hydrogen) atoms. The van der Waals surface area contributed by atoms with Gasteiger partial charge in [0, 0.05) is 12.3 Å². The molecule has 0 unspecified atom stereocenters. The minimum absolute atomic E-state index is 0.00935. The average molecular weight is 298 g/mol. The molecule has 2 atom stereocenters. The lowest BCUT2D eigenvalue weighted by atomic mass is 9.85. The Kier molecular flexibility index (Phi) is 3.84. The van der Waals surface area contributed by atoms with Gasteiger partial charge in [0.05, 0.1) is 13.5 Å². The molecule has 0 aliphatic heterocycles. The van der Waals surface area contributed by atoms with Crippen LogP contribution in [0.2, 0.25) is 0 Å². The fourth-order valence-corrected chi connectivity index (χ4v) is 3.35. The molecular formula is C18H18O4. The number of carbonyl (C=O) groups is 2. The molecule has 0 radical (unpaired) electrons. The number of fused-ring (bicyclic) bond motifs is 1. The van der Waals surface area contributed by atoms with Crippen LogP contribution in [0.25, 0.3) is 10.8 Å². The van der Waals surface area contributed by atoms with Gasteiger partial charge in [-0.15, -0.1) is 0 Å². The summed E-state index contributed by atoms with van der Waals surface area (Å²) in [4.78, 5) is 23.0. The topological polar surface area (TPSA) is 63.6 Å². The number of methoxy groups -OCH3 is 1. The number of carboxylic acid groups (broad SMARTS) is 1. The van der Waals surface area contributed by atoms with Gasteiger partial charge in [0.1, 0.15) is 11.5 Å². The summed E-state index contributed by atoms with van der Waals surface area (Å²) in [5.41, 5.74) is 1.05. The molecule has 0 heterocycles. The Morgan fingerprint density at radius 3 is 2.68 bits per heavy atom. The summed E-state index contributed by atoms with van der Waals surface area (Å²) >= 11 is 0. The number of hydrogen-bond donors (Lipinski definition) is 1. The van der Waals surface area contributed by atoms with Gasteiger partial charge in [-0.25, -0.2) is 0 Å². The van der Waals surface area contributed by atoms with E-state index in [1.54, 1.807) is 7.11 Å². The van der Waals surface area contributed by atoms with E-state index in [1.165, 1.54) is 0 Å². The first-order valence-corrected chi connectivity index (χ1v) is 7.40. The van der Waals surface area contributed by atoms with Gasteiger partial charge in [-0.2, -0.15) is 0 Å². The molecule has 0 spiro atoms. The van der Waals surface area contributed by atoms with E-state index < -0.39 is 11.9 Å². The van der Waals surface area contributed by atoms with Crippen LogP contribution in [-0.4, -0.2) is 24.0 Å². The number of benzene rings is 2. The maximum absolute atomic E-state index is 12.0. The van der Waals surface area contributed by atoms with Gasteiger partial charge in [-0.3, -0.25) is 9.59 Å². The van der Waals surface area contributed by atoms with Gasteiger partial charge in [0.15, 0.2) is 0 Å². The highest BCUT2D eigenvalue weighted by atomic mass is 16.5. The van der Waals surface area contributed by atoms with Crippen LogP contribution in [0.4, 0.5) is 0 Å².